The Bertz CT molecular complexity index is 640. The first kappa shape index (κ1) is 13.6. The average Bonchev–Trinajstić information content (AvgIpc) is 2.84. The van der Waals surface area contributed by atoms with E-state index < -0.39 is 4.92 Å². The molecule has 0 saturated carbocycles. The normalized spacial score (nSPS) is 10.3. The molecule has 0 atom stereocenters. The van der Waals surface area contributed by atoms with E-state index in [9.17, 15) is 10.1 Å². The van der Waals surface area contributed by atoms with E-state index in [1.165, 1.54) is 19.2 Å². The lowest BCUT2D eigenvalue weighted by atomic mass is 10.1. The maximum atomic E-state index is 11.0. The van der Waals surface area contributed by atoms with Gasteiger partial charge >= 0.3 is 11.7 Å². The van der Waals surface area contributed by atoms with Gasteiger partial charge in [-0.15, -0.1) is 5.10 Å². The molecule has 0 amide bonds. The minimum atomic E-state index is -0.572. The molecule has 0 unspecified atom stereocenters. The van der Waals surface area contributed by atoms with Crippen molar-refractivity contribution in [2.24, 2.45) is 0 Å². The number of nitro benzene ring substituents is 1. The van der Waals surface area contributed by atoms with Gasteiger partial charge < -0.3 is 19.6 Å². The summed E-state index contributed by atoms with van der Waals surface area (Å²) < 4.78 is 15.5. The zero-order valence-electron chi connectivity index (χ0n) is 10.8. The van der Waals surface area contributed by atoms with Crippen LogP contribution in [-0.2, 0) is 0 Å². The Labute approximate surface area is 113 Å². The molecule has 9 nitrogen and oxygen atoms in total. The van der Waals surface area contributed by atoms with Crippen molar-refractivity contribution < 1.29 is 18.8 Å². The molecular formula is C11H12N4O5. The van der Waals surface area contributed by atoms with Gasteiger partial charge in [0.25, 0.3) is 5.89 Å². The Morgan fingerprint density at radius 2 is 2.15 bits per heavy atom. The van der Waals surface area contributed by atoms with Gasteiger partial charge in [0.05, 0.1) is 24.2 Å². The quantitative estimate of drug-likeness (QED) is 0.646. The molecule has 2 aromatic rings. The second kappa shape index (κ2) is 5.43. The van der Waals surface area contributed by atoms with E-state index in [2.05, 4.69) is 10.2 Å². The van der Waals surface area contributed by atoms with Gasteiger partial charge in [0.15, 0.2) is 0 Å². The van der Waals surface area contributed by atoms with Gasteiger partial charge in [-0.25, -0.2) is 0 Å². The number of benzene rings is 1. The topological polar surface area (TPSA) is 127 Å². The van der Waals surface area contributed by atoms with Crippen molar-refractivity contribution in [2.75, 3.05) is 19.5 Å². The molecule has 0 radical (unpaired) electrons. The van der Waals surface area contributed by atoms with Crippen LogP contribution in [0.5, 0.6) is 11.5 Å². The summed E-state index contributed by atoms with van der Waals surface area (Å²) in [5.41, 5.74) is 5.40. The lowest BCUT2D eigenvalue weighted by Gasteiger charge is -2.09. The summed E-state index contributed by atoms with van der Waals surface area (Å²) in [7, 11) is 1.34. The number of nitro groups is 1. The molecule has 9 heteroatoms. The minimum absolute atomic E-state index is 0.0386. The highest BCUT2D eigenvalue weighted by Gasteiger charge is 2.23. The van der Waals surface area contributed by atoms with E-state index in [0.29, 0.717) is 12.4 Å². The first-order valence-corrected chi connectivity index (χ1v) is 5.65. The number of nitrogens with zero attached hydrogens (tertiary/aromatic N) is 3. The molecule has 0 aliphatic rings. The molecule has 2 rings (SSSR count). The van der Waals surface area contributed by atoms with Gasteiger partial charge in [-0.2, -0.15) is 0 Å². The van der Waals surface area contributed by atoms with Crippen molar-refractivity contribution in [1.29, 1.82) is 0 Å². The summed E-state index contributed by atoms with van der Waals surface area (Å²) in [6, 6.07) is 2.51. The van der Waals surface area contributed by atoms with Crippen molar-refractivity contribution in [1.82, 2.24) is 10.2 Å². The number of nitrogens with two attached hydrogens (primary N) is 1. The average molecular weight is 280 g/mol. The van der Waals surface area contributed by atoms with Crippen LogP contribution in [0.3, 0.4) is 0 Å². The SMILES string of the molecule is CCOc1cc(OC)c([N+](=O)[O-])cc1-c1nnc(N)o1. The first-order valence-electron chi connectivity index (χ1n) is 5.65. The van der Waals surface area contributed by atoms with Gasteiger partial charge in [0, 0.05) is 12.1 Å². The molecule has 0 bridgehead atoms. The predicted molar refractivity (Wildman–Crippen MR) is 68.5 cm³/mol. The number of hydrogen-bond donors (Lipinski definition) is 1. The number of methoxy groups -OCH3 is 1. The van der Waals surface area contributed by atoms with Crippen molar-refractivity contribution in [3.8, 4) is 23.0 Å². The van der Waals surface area contributed by atoms with Crippen LogP contribution in [0.25, 0.3) is 11.5 Å². The Balaban J connectivity index is 2.63. The van der Waals surface area contributed by atoms with Gasteiger partial charge in [-0.05, 0) is 6.92 Å². The van der Waals surface area contributed by atoms with Crippen LogP contribution in [0.2, 0.25) is 0 Å². The van der Waals surface area contributed by atoms with Gasteiger partial charge in [0.1, 0.15) is 5.75 Å². The molecule has 2 N–H and O–H groups in total. The molecule has 0 fully saturated rings. The van der Waals surface area contributed by atoms with E-state index in [-0.39, 0.29) is 28.9 Å². The van der Waals surface area contributed by atoms with E-state index in [4.69, 9.17) is 19.6 Å². The predicted octanol–water partition coefficient (Wildman–Crippen LogP) is 1.63. The van der Waals surface area contributed by atoms with Gasteiger partial charge in [0.2, 0.25) is 5.75 Å². The highest BCUT2D eigenvalue weighted by Crippen LogP contribution is 2.39. The van der Waals surface area contributed by atoms with Crippen LogP contribution in [0.1, 0.15) is 6.92 Å². The van der Waals surface area contributed by atoms with E-state index in [1.807, 2.05) is 0 Å². The Hall–Kier alpha value is -2.84. The Morgan fingerprint density at radius 3 is 2.65 bits per heavy atom. The van der Waals surface area contributed by atoms with Crippen molar-refractivity contribution in [2.45, 2.75) is 6.92 Å². The third-order valence-corrected chi connectivity index (χ3v) is 2.45. The van der Waals surface area contributed by atoms with Crippen LogP contribution in [0.4, 0.5) is 11.7 Å². The number of rotatable bonds is 5. The highest BCUT2D eigenvalue weighted by atomic mass is 16.6. The first-order chi connectivity index (χ1) is 9.56. The maximum absolute atomic E-state index is 11.0. The second-order valence-corrected chi connectivity index (χ2v) is 3.66. The third-order valence-electron chi connectivity index (χ3n) is 2.45. The molecule has 0 aliphatic carbocycles. The molecule has 0 saturated heterocycles. The summed E-state index contributed by atoms with van der Waals surface area (Å²) in [5.74, 6) is 0.449. The fourth-order valence-corrected chi connectivity index (χ4v) is 1.64. The van der Waals surface area contributed by atoms with Crippen LogP contribution in [-0.4, -0.2) is 28.8 Å². The summed E-state index contributed by atoms with van der Waals surface area (Å²) in [5, 5.41) is 18.2. The van der Waals surface area contributed by atoms with E-state index in [0.717, 1.165) is 0 Å². The van der Waals surface area contributed by atoms with E-state index >= 15 is 0 Å². The van der Waals surface area contributed by atoms with Crippen molar-refractivity contribution >= 4 is 11.7 Å². The molecule has 106 valence electrons. The molecular weight excluding hydrogens is 268 g/mol. The van der Waals surface area contributed by atoms with E-state index in [1.54, 1.807) is 6.92 Å². The number of anilines is 1. The summed E-state index contributed by atoms with van der Waals surface area (Å²) in [4.78, 5) is 10.5. The third kappa shape index (κ3) is 2.46. The Morgan fingerprint density at radius 1 is 1.40 bits per heavy atom. The largest absolute Gasteiger partial charge is 0.493 e. The molecule has 1 heterocycles. The number of hydrogen-bond acceptors (Lipinski definition) is 8. The summed E-state index contributed by atoms with van der Waals surface area (Å²) >= 11 is 0. The summed E-state index contributed by atoms with van der Waals surface area (Å²) in [6.45, 7) is 2.14. The minimum Gasteiger partial charge on any atom is -0.493 e. The van der Waals surface area contributed by atoms with Crippen LogP contribution in [0.15, 0.2) is 16.5 Å². The van der Waals surface area contributed by atoms with Crippen LogP contribution < -0.4 is 15.2 Å². The number of ether oxygens (including phenoxy) is 2. The fraction of sp³-hybridized carbons (Fsp3) is 0.273. The van der Waals surface area contributed by atoms with Crippen molar-refractivity contribution in [3.05, 3.63) is 22.2 Å². The monoisotopic (exact) mass is 280 g/mol. The smallest absolute Gasteiger partial charge is 0.313 e. The van der Waals surface area contributed by atoms with Crippen molar-refractivity contribution in [3.63, 3.8) is 0 Å². The standard InChI is InChI=1S/C11H12N4O5/c1-3-19-8-5-9(18-2)7(15(16)17)4-6(8)10-13-14-11(12)20-10/h4-5H,3H2,1-2H3,(H2,12,14). The molecule has 1 aromatic heterocycles. The second-order valence-electron chi connectivity index (χ2n) is 3.66. The molecule has 1 aromatic carbocycles. The highest BCUT2D eigenvalue weighted by molar-refractivity contribution is 5.70. The lowest BCUT2D eigenvalue weighted by Crippen LogP contribution is -1.99. The van der Waals surface area contributed by atoms with Gasteiger partial charge in [-0.1, -0.05) is 5.10 Å². The van der Waals surface area contributed by atoms with Crippen LogP contribution >= 0.6 is 0 Å². The summed E-state index contributed by atoms with van der Waals surface area (Å²) in [6.07, 6.45) is 0. The molecule has 0 spiro atoms. The maximum Gasteiger partial charge on any atom is 0.313 e. The number of nitrogen functional groups attached to an aromatic ring is 1. The fourth-order valence-electron chi connectivity index (χ4n) is 1.64. The lowest BCUT2D eigenvalue weighted by molar-refractivity contribution is -0.385. The zero-order chi connectivity index (χ0) is 14.7. The Kier molecular flexibility index (Phi) is 3.69. The zero-order valence-corrected chi connectivity index (χ0v) is 10.8. The van der Waals surface area contributed by atoms with Crippen LogP contribution in [0, 0.1) is 10.1 Å². The molecule has 0 aliphatic heterocycles. The number of aromatic nitrogens is 2. The van der Waals surface area contributed by atoms with Gasteiger partial charge in [-0.3, -0.25) is 10.1 Å². The molecule has 20 heavy (non-hydrogen) atoms.